The number of hydrogen-bond donors (Lipinski definition) is 3. The Kier molecular flexibility index (Phi) is 7.43. The second-order valence-corrected chi connectivity index (χ2v) is 4.47. The molecule has 0 bridgehead atoms. The normalized spacial score (nSPS) is 11.1. The van der Waals surface area contributed by atoms with Crippen molar-refractivity contribution in [1.82, 2.24) is 0 Å². The minimum atomic E-state index is -0.961. The zero-order valence-corrected chi connectivity index (χ0v) is 12.6. The van der Waals surface area contributed by atoms with Gasteiger partial charge in [-0.05, 0) is 28.1 Å². The van der Waals surface area contributed by atoms with Crippen LogP contribution < -0.4 is 21.5 Å². The minimum Gasteiger partial charge on any atom is -0.495 e. The van der Waals surface area contributed by atoms with Gasteiger partial charge in [0.05, 0.1) is 24.0 Å². The van der Waals surface area contributed by atoms with Crippen LogP contribution in [0.3, 0.4) is 0 Å². The summed E-state index contributed by atoms with van der Waals surface area (Å²) in [7, 11) is 1.52. The van der Waals surface area contributed by atoms with Crippen molar-refractivity contribution >= 4 is 45.8 Å². The summed E-state index contributed by atoms with van der Waals surface area (Å²) in [5, 5.41) is 2.58. The van der Waals surface area contributed by atoms with Crippen LogP contribution in [-0.2, 0) is 9.59 Å². The summed E-state index contributed by atoms with van der Waals surface area (Å²) in [4.78, 5) is 22.3. The van der Waals surface area contributed by atoms with E-state index in [1.807, 2.05) is 0 Å². The molecule has 1 unspecified atom stereocenters. The van der Waals surface area contributed by atoms with Gasteiger partial charge in [-0.2, -0.15) is 0 Å². The van der Waals surface area contributed by atoms with Crippen LogP contribution in [0.2, 0.25) is 0 Å². The highest BCUT2D eigenvalue weighted by Gasteiger charge is 2.16. The number of ether oxygens (including phenoxy) is 1. The minimum absolute atomic E-state index is 0. The highest BCUT2D eigenvalue weighted by Crippen LogP contribution is 2.27. The average Bonchev–Trinajstić information content (AvgIpc) is 2.30. The van der Waals surface area contributed by atoms with Crippen molar-refractivity contribution in [2.75, 3.05) is 12.4 Å². The molecule has 0 fully saturated rings. The first kappa shape index (κ1) is 17.7. The molecular formula is C11H15BrClN3O3. The van der Waals surface area contributed by atoms with Crippen molar-refractivity contribution in [3.63, 3.8) is 0 Å². The van der Waals surface area contributed by atoms with Gasteiger partial charge in [-0.1, -0.05) is 0 Å². The summed E-state index contributed by atoms with van der Waals surface area (Å²) in [6.45, 7) is 0. The number of anilines is 1. The number of hydrogen-bond acceptors (Lipinski definition) is 4. The third kappa shape index (κ3) is 5.46. The summed E-state index contributed by atoms with van der Waals surface area (Å²) in [5.41, 5.74) is 11.0. The van der Waals surface area contributed by atoms with E-state index in [9.17, 15) is 9.59 Å². The topological polar surface area (TPSA) is 107 Å². The van der Waals surface area contributed by atoms with Crippen molar-refractivity contribution < 1.29 is 14.3 Å². The fourth-order valence-electron chi connectivity index (χ4n) is 1.28. The van der Waals surface area contributed by atoms with Gasteiger partial charge in [0.15, 0.2) is 0 Å². The van der Waals surface area contributed by atoms with Crippen LogP contribution in [0.25, 0.3) is 0 Å². The van der Waals surface area contributed by atoms with Gasteiger partial charge in [0.2, 0.25) is 11.8 Å². The molecule has 0 aliphatic rings. The van der Waals surface area contributed by atoms with Crippen molar-refractivity contribution in [1.29, 1.82) is 0 Å². The van der Waals surface area contributed by atoms with Crippen LogP contribution in [0.1, 0.15) is 6.42 Å². The fraction of sp³-hybridized carbons (Fsp3) is 0.273. The molecular weight excluding hydrogens is 337 g/mol. The number of amides is 2. The fourth-order valence-corrected chi connectivity index (χ4v) is 1.69. The molecule has 1 atom stereocenters. The van der Waals surface area contributed by atoms with E-state index < -0.39 is 17.9 Å². The summed E-state index contributed by atoms with van der Waals surface area (Å²) >= 11 is 3.29. The Balaban J connectivity index is 0.00000324. The largest absolute Gasteiger partial charge is 0.495 e. The van der Waals surface area contributed by atoms with E-state index in [1.54, 1.807) is 18.2 Å². The van der Waals surface area contributed by atoms with E-state index >= 15 is 0 Å². The SMILES string of the molecule is COc1cc(NC(=O)C(N)CC(N)=O)ccc1Br.Cl. The van der Waals surface area contributed by atoms with E-state index in [0.29, 0.717) is 11.4 Å². The van der Waals surface area contributed by atoms with Gasteiger partial charge in [0.25, 0.3) is 0 Å². The Morgan fingerprint density at radius 2 is 2.11 bits per heavy atom. The second-order valence-electron chi connectivity index (χ2n) is 3.62. The summed E-state index contributed by atoms with van der Waals surface area (Å²) < 4.78 is 5.86. The number of carbonyl (C=O) groups is 2. The Morgan fingerprint density at radius 1 is 1.47 bits per heavy atom. The number of nitrogens with one attached hydrogen (secondary N) is 1. The molecule has 2 amide bonds. The molecule has 0 heterocycles. The summed E-state index contributed by atoms with van der Waals surface area (Å²) in [6.07, 6.45) is -0.195. The van der Waals surface area contributed by atoms with Crippen LogP contribution >= 0.6 is 28.3 Å². The van der Waals surface area contributed by atoms with Gasteiger partial charge < -0.3 is 21.5 Å². The van der Waals surface area contributed by atoms with Crippen LogP contribution in [0, 0.1) is 0 Å². The van der Waals surface area contributed by atoms with Crippen molar-refractivity contribution in [3.05, 3.63) is 22.7 Å². The van der Waals surface area contributed by atoms with E-state index in [-0.39, 0.29) is 18.8 Å². The smallest absolute Gasteiger partial charge is 0.241 e. The predicted molar refractivity (Wildman–Crippen MR) is 78.4 cm³/mol. The first-order valence-corrected chi connectivity index (χ1v) is 5.91. The molecule has 6 nitrogen and oxygen atoms in total. The Morgan fingerprint density at radius 3 is 2.63 bits per heavy atom. The molecule has 1 aromatic rings. The van der Waals surface area contributed by atoms with Gasteiger partial charge in [-0.25, -0.2) is 0 Å². The van der Waals surface area contributed by atoms with Crippen molar-refractivity contribution in [2.24, 2.45) is 11.5 Å². The van der Waals surface area contributed by atoms with Gasteiger partial charge in [-0.15, -0.1) is 12.4 Å². The molecule has 1 aromatic carbocycles. The molecule has 0 aliphatic carbocycles. The zero-order chi connectivity index (χ0) is 13.7. The lowest BCUT2D eigenvalue weighted by Crippen LogP contribution is -2.38. The lowest BCUT2D eigenvalue weighted by molar-refractivity contribution is -0.123. The third-order valence-corrected chi connectivity index (χ3v) is 2.83. The standard InChI is InChI=1S/C11H14BrN3O3.ClH/c1-18-9-4-6(2-3-7(9)12)15-11(17)8(13)5-10(14)16;/h2-4,8H,5,13H2,1H3,(H2,14,16)(H,15,17);1H. The number of rotatable bonds is 5. The van der Waals surface area contributed by atoms with E-state index in [0.717, 1.165) is 4.47 Å². The van der Waals surface area contributed by atoms with E-state index in [4.69, 9.17) is 16.2 Å². The molecule has 0 aliphatic heterocycles. The number of carbonyl (C=O) groups excluding carboxylic acids is 2. The van der Waals surface area contributed by atoms with Crippen LogP contribution in [0.15, 0.2) is 22.7 Å². The molecule has 0 saturated heterocycles. The van der Waals surface area contributed by atoms with Crippen LogP contribution in [-0.4, -0.2) is 25.0 Å². The average molecular weight is 353 g/mol. The monoisotopic (exact) mass is 351 g/mol. The number of methoxy groups -OCH3 is 1. The third-order valence-electron chi connectivity index (χ3n) is 2.18. The first-order chi connectivity index (χ1) is 8.43. The van der Waals surface area contributed by atoms with Crippen molar-refractivity contribution in [2.45, 2.75) is 12.5 Å². The maximum Gasteiger partial charge on any atom is 0.241 e. The lowest BCUT2D eigenvalue weighted by atomic mass is 10.2. The second kappa shape index (κ2) is 7.98. The Hall–Kier alpha value is -1.31. The molecule has 0 aromatic heterocycles. The number of nitrogens with two attached hydrogens (primary N) is 2. The molecule has 5 N–H and O–H groups in total. The van der Waals surface area contributed by atoms with Gasteiger partial charge in [0.1, 0.15) is 5.75 Å². The maximum absolute atomic E-state index is 11.6. The Labute approximate surface area is 125 Å². The summed E-state index contributed by atoms with van der Waals surface area (Å²) in [6, 6.07) is 4.09. The Bertz CT molecular complexity index is 470. The number of primary amides is 1. The zero-order valence-electron chi connectivity index (χ0n) is 10.2. The first-order valence-electron chi connectivity index (χ1n) is 5.12. The molecule has 1 rings (SSSR count). The van der Waals surface area contributed by atoms with Crippen molar-refractivity contribution in [3.8, 4) is 5.75 Å². The number of halogens is 2. The molecule has 8 heteroatoms. The van der Waals surface area contributed by atoms with Gasteiger partial charge >= 0.3 is 0 Å². The molecule has 0 spiro atoms. The highest BCUT2D eigenvalue weighted by atomic mass is 79.9. The molecule has 0 saturated carbocycles. The quantitative estimate of drug-likeness (QED) is 0.735. The number of benzene rings is 1. The van der Waals surface area contributed by atoms with Gasteiger partial charge in [-0.3, -0.25) is 9.59 Å². The predicted octanol–water partition coefficient (Wildman–Crippen LogP) is 1.02. The van der Waals surface area contributed by atoms with Gasteiger partial charge in [0, 0.05) is 11.8 Å². The van der Waals surface area contributed by atoms with Crippen LogP contribution in [0.4, 0.5) is 5.69 Å². The molecule has 0 radical (unpaired) electrons. The van der Waals surface area contributed by atoms with E-state index in [2.05, 4.69) is 21.2 Å². The summed E-state index contributed by atoms with van der Waals surface area (Å²) in [5.74, 6) is -0.513. The highest BCUT2D eigenvalue weighted by molar-refractivity contribution is 9.10. The molecule has 106 valence electrons. The lowest BCUT2D eigenvalue weighted by Gasteiger charge is -2.12. The van der Waals surface area contributed by atoms with E-state index in [1.165, 1.54) is 7.11 Å². The maximum atomic E-state index is 11.6. The van der Waals surface area contributed by atoms with Crippen LogP contribution in [0.5, 0.6) is 5.75 Å². The molecule has 19 heavy (non-hydrogen) atoms.